The first-order chi connectivity index (χ1) is 12.9. The van der Waals surface area contributed by atoms with Crippen LogP contribution in [-0.4, -0.2) is 38.7 Å². The van der Waals surface area contributed by atoms with Crippen molar-refractivity contribution in [3.63, 3.8) is 0 Å². The molecule has 27 heavy (non-hydrogen) atoms. The third-order valence-corrected chi connectivity index (χ3v) is 10.4. The Labute approximate surface area is 162 Å². The highest BCUT2D eigenvalue weighted by Crippen LogP contribution is 2.39. The minimum Gasteiger partial charge on any atom is -0.481 e. The van der Waals surface area contributed by atoms with Crippen molar-refractivity contribution in [1.29, 1.82) is 0 Å². The summed E-state index contributed by atoms with van der Waals surface area (Å²) in [7, 11) is -2.74. The number of benzene rings is 2. The molecule has 2 atom stereocenters. The SMILES string of the molecule is CC(C)(C)[Si](OC1CCOCC1C(=O)O)(c1ccccc1)c1ccccc1. The fraction of sp³-hybridized carbons (Fsp3) is 0.409. The third-order valence-electron chi connectivity index (χ3n) is 5.36. The second-order valence-corrected chi connectivity index (χ2v) is 12.4. The number of aliphatic carboxylic acids is 1. The van der Waals surface area contributed by atoms with Crippen molar-refractivity contribution in [2.24, 2.45) is 5.92 Å². The second kappa shape index (κ2) is 7.96. The predicted octanol–water partition coefficient (Wildman–Crippen LogP) is 3.05. The van der Waals surface area contributed by atoms with Crippen LogP contribution in [0.2, 0.25) is 5.04 Å². The van der Waals surface area contributed by atoms with Crippen LogP contribution in [-0.2, 0) is 14.0 Å². The Morgan fingerprint density at radius 2 is 1.56 bits per heavy atom. The van der Waals surface area contributed by atoms with Crippen LogP contribution < -0.4 is 10.4 Å². The van der Waals surface area contributed by atoms with Crippen LogP contribution in [0, 0.1) is 5.92 Å². The van der Waals surface area contributed by atoms with Gasteiger partial charge in [0.05, 0.1) is 12.7 Å². The van der Waals surface area contributed by atoms with Gasteiger partial charge in [-0.25, -0.2) is 0 Å². The van der Waals surface area contributed by atoms with E-state index in [1.807, 2.05) is 36.4 Å². The first-order valence-electron chi connectivity index (χ1n) is 9.45. The van der Waals surface area contributed by atoms with Gasteiger partial charge in [0, 0.05) is 6.61 Å². The number of hydrogen-bond donors (Lipinski definition) is 1. The van der Waals surface area contributed by atoms with Gasteiger partial charge in [0.15, 0.2) is 0 Å². The van der Waals surface area contributed by atoms with Gasteiger partial charge in [-0.15, -0.1) is 0 Å². The van der Waals surface area contributed by atoms with Gasteiger partial charge in [-0.2, -0.15) is 0 Å². The van der Waals surface area contributed by atoms with Gasteiger partial charge in [-0.3, -0.25) is 4.79 Å². The Hall–Kier alpha value is -1.95. The molecule has 3 rings (SSSR count). The van der Waals surface area contributed by atoms with E-state index in [9.17, 15) is 9.90 Å². The van der Waals surface area contributed by atoms with Crippen molar-refractivity contribution >= 4 is 24.7 Å². The average molecular weight is 385 g/mol. The number of carbonyl (C=O) groups is 1. The summed E-state index contributed by atoms with van der Waals surface area (Å²) in [5, 5.41) is 11.9. The van der Waals surface area contributed by atoms with Crippen molar-refractivity contribution in [2.45, 2.75) is 38.3 Å². The zero-order valence-electron chi connectivity index (χ0n) is 16.2. The van der Waals surface area contributed by atoms with E-state index in [1.165, 1.54) is 10.4 Å². The predicted molar refractivity (Wildman–Crippen MR) is 109 cm³/mol. The fourth-order valence-electron chi connectivity index (χ4n) is 4.01. The smallest absolute Gasteiger partial charge is 0.311 e. The summed E-state index contributed by atoms with van der Waals surface area (Å²) in [5.41, 5.74) is 0. The van der Waals surface area contributed by atoms with Gasteiger partial charge in [-0.05, 0) is 21.8 Å². The van der Waals surface area contributed by atoms with Crippen molar-refractivity contribution in [2.75, 3.05) is 13.2 Å². The lowest BCUT2D eigenvalue weighted by Gasteiger charge is -2.46. The minimum absolute atomic E-state index is 0.170. The number of carboxylic acid groups (broad SMARTS) is 1. The molecule has 0 amide bonds. The normalized spacial score (nSPS) is 21.0. The van der Waals surface area contributed by atoms with Crippen LogP contribution in [0.1, 0.15) is 27.2 Å². The molecular formula is C22H28O4Si. The Morgan fingerprint density at radius 3 is 2.00 bits per heavy atom. The van der Waals surface area contributed by atoms with E-state index in [4.69, 9.17) is 9.16 Å². The molecular weight excluding hydrogens is 356 g/mol. The molecule has 1 heterocycles. The summed E-state index contributed by atoms with van der Waals surface area (Å²) in [4.78, 5) is 11.8. The van der Waals surface area contributed by atoms with E-state index in [0.29, 0.717) is 13.0 Å². The highest BCUT2D eigenvalue weighted by molar-refractivity contribution is 6.99. The average Bonchev–Trinajstić information content (AvgIpc) is 2.66. The van der Waals surface area contributed by atoms with Gasteiger partial charge in [0.2, 0.25) is 0 Å². The molecule has 2 aromatic rings. The van der Waals surface area contributed by atoms with Gasteiger partial charge in [-0.1, -0.05) is 81.4 Å². The molecule has 0 bridgehead atoms. The molecule has 1 aliphatic heterocycles. The molecule has 1 saturated heterocycles. The molecule has 2 aromatic carbocycles. The molecule has 144 valence electrons. The number of hydrogen-bond acceptors (Lipinski definition) is 3. The highest BCUT2D eigenvalue weighted by Gasteiger charge is 2.53. The van der Waals surface area contributed by atoms with E-state index in [2.05, 4.69) is 45.0 Å². The molecule has 0 spiro atoms. The van der Waals surface area contributed by atoms with Crippen molar-refractivity contribution in [1.82, 2.24) is 0 Å². The number of rotatable bonds is 5. The molecule has 1 N–H and O–H groups in total. The lowest BCUT2D eigenvalue weighted by atomic mass is 9.99. The second-order valence-electron chi connectivity index (χ2n) is 8.13. The minimum atomic E-state index is -2.74. The van der Waals surface area contributed by atoms with Gasteiger partial charge < -0.3 is 14.3 Å². The van der Waals surface area contributed by atoms with Crippen LogP contribution in [0.4, 0.5) is 0 Å². The van der Waals surface area contributed by atoms with E-state index in [0.717, 1.165) is 0 Å². The van der Waals surface area contributed by atoms with Gasteiger partial charge in [0.1, 0.15) is 5.92 Å². The Balaban J connectivity index is 2.16. The topological polar surface area (TPSA) is 55.8 Å². The highest BCUT2D eigenvalue weighted by atomic mass is 28.4. The van der Waals surface area contributed by atoms with Crippen LogP contribution in [0.5, 0.6) is 0 Å². The summed E-state index contributed by atoms with van der Waals surface area (Å²) in [6.07, 6.45) is 0.240. The molecule has 0 aliphatic carbocycles. The van der Waals surface area contributed by atoms with Crippen molar-refractivity contribution in [3.8, 4) is 0 Å². The molecule has 5 heteroatoms. The molecule has 1 aliphatic rings. The van der Waals surface area contributed by atoms with Crippen LogP contribution in [0.3, 0.4) is 0 Å². The third kappa shape index (κ3) is 3.86. The first-order valence-corrected chi connectivity index (χ1v) is 11.4. The fourth-order valence-corrected chi connectivity index (χ4v) is 8.76. The Bertz CT molecular complexity index is 715. The molecule has 0 saturated carbocycles. The lowest BCUT2D eigenvalue weighted by Crippen LogP contribution is -2.68. The molecule has 2 unspecified atom stereocenters. The standard InChI is InChI=1S/C22H28O4Si/c1-22(2,3)27(17-10-6-4-7-11-17,18-12-8-5-9-13-18)26-20-14-15-25-16-19(20)21(23)24/h4-13,19-20H,14-16H2,1-3H3,(H,23,24). The lowest BCUT2D eigenvalue weighted by molar-refractivity contribution is -0.152. The summed E-state index contributed by atoms with van der Waals surface area (Å²) >= 11 is 0. The maximum atomic E-state index is 11.8. The van der Waals surface area contributed by atoms with Crippen molar-refractivity contribution < 1.29 is 19.1 Å². The maximum absolute atomic E-state index is 11.8. The summed E-state index contributed by atoms with van der Waals surface area (Å²) in [6.45, 7) is 7.35. The van der Waals surface area contributed by atoms with E-state index < -0.39 is 20.2 Å². The first kappa shape index (κ1) is 19.8. The van der Waals surface area contributed by atoms with E-state index >= 15 is 0 Å². The molecule has 1 fully saturated rings. The zero-order valence-corrected chi connectivity index (χ0v) is 17.2. The number of carboxylic acids is 1. The largest absolute Gasteiger partial charge is 0.481 e. The molecule has 0 aromatic heterocycles. The summed E-state index contributed by atoms with van der Waals surface area (Å²) in [6, 6.07) is 20.6. The zero-order chi connectivity index (χ0) is 19.5. The van der Waals surface area contributed by atoms with Crippen LogP contribution in [0.15, 0.2) is 60.7 Å². The monoisotopic (exact) mass is 384 g/mol. The van der Waals surface area contributed by atoms with E-state index in [-0.39, 0.29) is 17.7 Å². The molecule has 0 radical (unpaired) electrons. The summed E-state index contributed by atoms with van der Waals surface area (Å²) in [5.74, 6) is -1.49. The van der Waals surface area contributed by atoms with Gasteiger partial charge >= 0.3 is 5.97 Å². The van der Waals surface area contributed by atoms with Crippen LogP contribution in [0.25, 0.3) is 0 Å². The van der Waals surface area contributed by atoms with Gasteiger partial charge in [0.25, 0.3) is 8.32 Å². The quantitative estimate of drug-likeness (QED) is 0.805. The van der Waals surface area contributed by atoms with E-state index in [1.54, 1.807) is 0 Å². The molecule has 4 nitrogen and oxygen atoms in total. The summed E-state index contributed by atoms with van der Waals surface area (Å²) < 4.78 is 12.4. The Morgan fingerprint density at radius 1 is 1.04 bits per heavy atom. The number of ether oxygens (including phenoxy) is 1. The maximum Gasteiger partial charge on any atom is 0.311 e. The van der Waals surface area contributed by atoms with Crippen LogP contribution >= 0.6 is 0 Å². The van der Waals surface area contributed by atoms with Crippen molar-refractivity contribution in [3.05, 3.63) is 60.7 Å². The Kier molecular flexibility index (Phi) is 5.84.